The van der Waals surface area contributed by atoms with Crippen molar-refractivity contribution < 1.29 is 18.3 Å². The van der Waals surface area contributed by atoms with Crippen LogP contribution in [0.5, 0.6) is 0 Å². The molecule has 0 aromatic heterocycles. The lowest BCUT2D eigenvalue weighted by atomic mass is 10.1. The molecule has 1 aliphatic heterocycles. The number of benzene rings is 1. The highest BCUT2D eigenvalue weighted by Crippen LogP contribution is 2.26. The van der Waals surface area contributed by atoms with Crippen LogP contribution in [-0.4, -0.2) is 49.2 Å². The molecule has 1 N–H and O–H groups in total. The zero-order chi connectivity index (χ0) is 15.0. The first-order valence-corrected chi connectivity index (χ1v) is 8.04. The van der Waals surface area contributed by atoms with Gasteiger partial charge in [-0.1, -0.05) is 17.7 Å². The van der Waals surface area contributed by atoms with Gasteiger partial charge >= 0.3 is 0 Å². The van der Waals surface area contributed by atoms with Gasteiger partial charge in [0.15, 0.2) is 0 Å². The van der Waals surface area contributed by atoms with E-state index >= 15 is 0 Å². The monoisotopic (exact) mass is 299 g/mol. The Kier molecular flexibility index (Phi) is 4.20. The maximum atomic E-state index is 12.6. The molecule has 0 bridgehead atoms. The summed E-state index contributed by atoms with van der Waals surface area (Å²) in [5.41, 5.74) is 0.406. The molecular weight excluding hydrogens is 278 g/mol. The Morgan fingerprint density at radius 1 is 1.35 bits per heavy atom. The maximum Gasteiger partial charge on any atom is 0.243 e. The number of ether oxygens (including phenoxy) is 1. The van der Waals surface area contributed by atoms with Crippen LogP contribution < -0.4 is 0 Å². The minimum absolute atomic E-state index is 0.177. The second-order valence-electron chi connectivity index (χ2n) is 5.79. The maximum absolute atomic E-state index is 12.6. The highest BCUT2D eigenvalue weighted by molar-refractivity contribution is 7.89. The Hall–Kier alpha value is -0.950. The van der Waals surface area contributed by atoms with Crippen LogP contribution in [0.2, 0.25) is 0 Å². The molecule has 5 nitrogen and oxygen atoms in total. The summed E-state index contributed by atoms with van der Waals surface area (Å²) in [4.78, 5) is 0.275. The van der Waals surface area contributed by atoms with Gasteiger partial charge in [0, 0.05) is 13.1 Å². The topological polar surface area (TPSA) is 66.8 Å². The van der Waals surface area contributed by atoms with Crippen molar-refractivity contribution in [3.63, 3.8) is 0 Å². The van der Waals surface area contributed by atoms with Gasteiger partial charge in [-0.05, 0) is 32.9 Å². The van der Waals surface area contributed by atoms with E-state index < -0.39 is 21.7 Å². The van der Waals surface area contributed by atoms with E-state index in [2.05, 4.69) is 0 Å². The van der Waals surface area contributed by atoms with Crippen molar-refractivity contribution in [1.82, 2.24) is 4.31 Å². The fourth-order valence-electron chi connectivity index (χ4n) is 2.38. The standard InChI is InChI=1S/C14H21NO4S/c1-11-4-6-13(7-5-11)20(17,18)15-8-12(9-16)19-14(2,3)10-15/h4-7,12,16H,8-10H2,1-3H3. The molecule has 0 aliphatic carbocycles. The van der Waals surface area contributed by atoms with Crippen LogP contribution in [0.3, 0.4) is 0 Å². The average molecular weight is 299 g/mol. The number of aryl methyl sites for hydroxylation is 1. The minimum atomic E-state index is -3.55. The molecule has 6 heteroatoms. The lowest BCUT2D eigenvalue weighted by molar-refractivity contribution is -0.131. The zero-order valence-corrected chi connectivity index (χ0v) is 12.9. The van der Waals surface area contributed by atoms with Crippen molar-refractivity contribution >= 4 is 10.0 Å². The first kappa shape index (κ1) is 15.4. The molecule has 1 atom stereocenters. The van der Waals surface area contributed by atoms with Crippen molar-refractivity contribution in [3.8, 4) is 0 Å². The van der Waals surface area contributed by atoms with E-state index in [4.69, 9.17) is 4.74 Å². The summed E-state index contributed by atoms with van der Waals surface area (Å²) < 4.78 is 32.3. The summed E-state index contributed by atoms with van der Waals surface area (Å²) in [6.45, 7) is 5.83. The number of hydrogen-bond acceptors (Lipinski definition) is 4. The Bertz CT molecular complexity index is 565. The van der Waals surface area contributed by atoms with E-state index in [1.54, 1.807) is 24.3 Å². The first-order chi connectivity index (χ1) is 9.24. The largest absolute Gasteiger partial charge is 0.394 e. The van der Waals surface area contributed by atoms with Crippen LogP contribution in [0, 0.1) is 6.92 Å². The van der Waals surface area contributed by atoms with Crippen molar-refractivity contribution in [2.75, 3.05) is 19.7 Å². The number of sulfonamides is 1. The highest BCUT2D eigenvalue weighted by Gasteiger charge is 2.39. The highest BCUT2D eigenvalue weighted by atomic mass is 32.2. The summed E-state index contributed by atoms with van der Waals surface area (Å²) in [6, 6.07) is 6.78. The predicted molar refractivity (Wildman–Crippen MR) is 76.0 cm³/mol. The number of morpholine rings is 1. The summed E-state index contributed by atoms with van der Waals surface area (Å²) in [5.74, 6) is 0. The molecule has 1 aromatic rings. The first-order valence-electron chi connectivity index (χ1n) is 6.60. The molecule has 1 heterocycles. The van der Waals surface area contributed by atoms with E-state index in [9.17, 15) is 13.5 Å². The molecular formula is C14H21NO4S. The van der Waals surface area contributed by atoms with Gasteiger partial charge < -0.3 is 9.84 Å². The van der Waals surface area contributed by atoms with Crippen LogP contribution in [0.25, 0.3) is 0 Å². The number of nitrogens with zero attached hydrogens (tertiary/aromatic N) is 1. The van der Waals surface area contributed by atoms with E-state index in [1.165, 1.54) is 4.31 Å². The summed E-state index contributed by atoms with van der Waals surface area (Å²) >= 11 is 0. The van der Waals surface area contributed by atoms with Gasteiger partial charge in [-0.3, -0.25) is 0 Å². The quantitative estimate of drug-likeness (QED) is 0.909. The Morgan fingerprint density at radius 2 is 1.95 bits per heavy atom. The molecule has 112 valence electrons. The molecule has 1 unspecified atom stereocenters. The number of hydrogen-bond donors (Lipinski definition) is 1. The molecule has 0 spiro atoms. The lowest BCUT2D eigenvalue weighted by Gasteiger charge is -2.41. The van der Waals surface area contributed by atoms with Gasteiger partial charge in [-0.2, -0.15) is 4.31 Å². The van der Waals surface area contributed by atoms with Crippen molar-refractivity contribution in [1.29, 1.82) is 0 Å². The summed E-state index contributed by atoms with van der Waals surface area (Å²) in [6.07, 6.45) is -0.487. The van der Waals surface area contributed by atoms with Crippen LogP contribution in [0.1, 0.15) is 19.4 Å². The molecule has 2 rings (SSSR count). The van der Waals surface area contributed by atoms with Gasteiger partial charge in [-0.15, -0.1) is 0 Å². The van der Waals surface area contributed by atoms with Gasteiger partial charge in [0.25, 0.3) is 0 Å². The predicted octanol–water partition coefficient (Wildman–Crippen LogP) is 1.16. The van der Waals surface area contributed by atoms with Crippen molar-refractivity contribution in [2.24, 2.45) is 0 Å². The molecule has 20 heavy (non-hydrogen) atoms. The fraction of sp³-hybridized carbons (Fsp3) is 0.571. The Morgan fingerprint density at radius 3 is 2.50 bits per heavy atom. The smallest absolute Gasteiger partial charge is 0.243 e. The van der Waals surface area contributed by atoms with Gasteiger partial charge in [0.1, 0.15) is 0 Å². The number of aliphatic hydroxyl groups excluding tert-OH is 1. The van der Waals surface area contributed by atoms with Crippen molar-refractivity contribution in [3.05, 3.63) is 29.8 Å². The SMILES string of the molecule is Cc1ccc(S(=O)(=O)N2CC(CO)OC(C)(C)C2)cc1. The molecule has 1 aromatic carbocycles. The normalized spacial score (nSPS) is 23.7. The molecule has 1 fully saturated rings. The Balaban J connectivity index is 2.31. The lowest BCUT2D eigenvalue weighted by Crippen LogP contribution is -2.55. The average Bonchev–Trinajstić information content (AvgIpc) is 2.37. The fourth-order valence-corrected chi connectivity index (χ4v) is 4.00. The van der Waals surface area contributed by atoms with Crippen LogP contribution in [0.15, 0.2) is 29.2 Å². The van der Waals surface area contributed by atoms with E-state index in [0.29, 0.717) is 0 Å². The van der Waals surface area contributed by atoms with Gasteiger partial charge in [0.05, 0.1) is 23.2 Å². The minimum Gasteiger partial charge on any atom is -0.394 e. The third-order valence-electron chi connectivity index (χ3n) is 3.31. The van der Waals surface area contributed by atoms with E-state index in [0.717, 1.165) is 5.56 Å². The number of rotatable bonds is 3. The van der Waals surface area contributed by atoms with Gasteiger partial charge in [0.2, 0.25) is 10.0 Å². The summed E-state index contributed by atoms with van der Waals surface area (Å²) in [7, 11) is -3.55. The molecule has 0 amide bonds. The van der Waals surface area contributed by atoms with Crippen LogP contribution in [0.4, 0.5) is 0 Å². The summed E-state index contributed by atoms with van der Waals surface area (Å²) in [5, 5.41) is 9.27. The van der Waals surface area contributed by atoms with Gasteiger partial charge in [-0.25, -0.2) is 8.42 Å². The molecule has 0 radical (unpaired) electrons. The zero-order valence-electron chi connectivity index (χ0n) is 12.0. The van der Waals surface area contributed by atoms with Crippen molar-refractivity contribution in [2.45, 2.75) is 37.4 Å². The molecule has 0 saturated carbocycles. The second-order valence-corrected chi connectivity index (χ2v) is 7.73. The molecule has 1 aliphatic rings. The van der Waals surface area contributed by atoms with E-state index in [1.807, 2.05) is 20.8 Å². The van der Waals surface area contributed by atoms with Crippen LogP contribution >= 0.6 is 0 Å². The third kappa shape index (κ3) is 3.20. The van der Waals surface area contributed by atoms with E-state index in [-0.39, 0.29) is 24.6 Å². The molecule has 1 saturated heterocycles. The second kappa shape index (κ2) is 5.44. The van der Waals surface area contributed by atoms with Crippen LogP contribution in [-0.2, 0) is 14.8 Å². The number of aliphatic hydroxyl groups is 1. The third-order valence-corrected chi connectivity index (χ3v) is 5.14. The Labute approximate surface area is 120 Å².